The van der Waals surface area contributed by atoms with Crippen LogP contribution in [0.4, 0.5) is 16.2 Å². The predicted octanol–water partition coefficient (Wildman–Crippen LogP) is 2.43. The molecule has 0 saturated carbocycles. The summed E-state index contributed by atoms with van der Waals surface area (Å²) in [6.45, 7) is 5.09. The molecule has 0 saturated heterocycles. The second kappa shape index (κ2) is 5.86. The Kier molecular flexibility index (Phi) is 4.26. The van der Waals surface area contributed by atoms with E-state index in [1.807, 2.05) is 0 Å². The van der Waals surface area contributed by atoms with E-state index >= 15 is 0 Å². The molecule has 0 fully saturated rings. The second-order valence-electron chi connectivity index (χ2n) is 6.16. The summed E-state index contributed by atoms with van der Waals surface area (Å²) in [7, 11) is 1.22. The van der Waals surface area contributed by atoms with Crippen molar-refractivity contribution in [1.29, 1.82) is 0 Å². The Labute approximate surface area is 133 Å². The number of non-ortho nitro benzene ring substituents is 1. The lowest BCUT2D eigenvalue weighted by Gasteiger charge is -2.27. The fourth-order valence-corrected chi connectivity index (χ4v) is 2.39. The third kappa shape index (κ3) is 3.41. The summed E-state index contributed by atoms with van der Waals surface area (Å²) in [5.74, 6) is -0.602. The number of esters is 1. The van der Waals surface area contributed by atoms with Crippen molar-refractivity contribution in [1.82, 2.24) is 0 Å². The van der Waals surface area contributed by atoms with Crippen LogP contribution in [0.5, 0.6) is 0 Å². The molecule has 0 radical (unpaired) electrons. The van der Waals surface area contributed by atoms with Crippen LogP contribution in [0.1, 0.15) is 26.3 Å². The molecule has 1 amide bonds. The fraction of sp³-hybridized carbons (Fsp3) is 0.467. The van der Waals surface area contributed by atoms with Crippen LogP contribution in [0.15, 0.2) is 18.2 Å². The number of methoxy groups -OCH3 is 1. The molecule has 1 atom stereocenters. The van der Waals surface area contributed by atoms with Crippen LogP contribution in [-0.2, 0) is 20.7 Å². The third-order valence-corrected chi connectivity index (χ3v) is 3.33. The van der Waals surface area contributed by atoms with E-state index < -0.39 is 28.6 Å². The Balaban J connectivity index is 2.46. The van der Waals surface area contributed by atoms with Gasteiger partial charge in [0.05, 0.1) is 17.7 Å². The number of nitro groups is 1. The van der Waals surface area contributed by atoms with Crippen molar-refractivity contribution in [2.45, 2.75) is 38.8 Å². The van der Waals surface area contributed by atoms with E-state index in [-0.39, 0.29) is 12.1 Å². The lowest BCUT2D eigenvalue weighted by molar-refractivity contribution is -0.384. The number of nitro benzene ring substituents is 1. The molecular weight excluding hydrogens is 304 g/mol. The van der Waals surface area contributed by atoms with Gasteiger partial charge < -0.3 is 9.47 Å². The highest BCUT2D eigenvalue weighted by molar-refractivity contribution is 5.99. The van der Waals surface area contributed by atoms with Gasteiger partial charge in [0.2, 0.25) is 0 Å². The van der Waals surface area contributed by atoms with E-state index in [4.69, 9.17) is 9.47 Å². The Bertz CT molecular complexity index is 664. The molecule has 0 N–H and O–H groups in total. The number of nitrogens with zero attached hydrogens (tertiary/aromatic N) is 2. The van der Waals surface area contributed by atoms with E-state index in [1.165, 1.54) is 25.3 Å². The molecule has 1 aromatic rings. The van der Waals surface area contributed by atoms with Gasteiger partial charge in [-0.15, -0.1) is 0 Å². The first kappa shape index (κ1) is 16.7. The minimum Gasteiger partial charge on any atom is -0.467 e. The van der Waals surface area contributed by atoms with Crippen molar-refractivity contribution in [2.75, 3.05) is 12.0 Å². The Morgan fingerprint density at radius 3 is 2.52 bits per heavy atom. The summed E-state index contributed by atoms with van der Waals surface area (Å²) in [5, 5.41) is 11.0. The minimum atomic E-state index is -0.896. The first-order chi connectivity index (χ1) is 10.6. The number of ether oxygens (including phenoxy) is 2. The monoisotopic (exact) mass is 322 g/mol. The zero-order valence-electron chi connectivity index (χ0n) is 13.4. The smallest absolute Gasteiger partial charge is 0.415 e. The Morgan fingerprint density at radius 2 is 2.00 bits per heavy atom. The van der Waals surface area contributed by atoms with Gasteiger partial charge in [0.25, 0.3) is 5.69 Å². The second-order valence-corrected chi connectivity index (χ2v) is 6.16. The number of hydrogen-bond donors (Lipinski definition) is 0. The normalized spacial score (nSPS) is 16.7. The van der Waals surface area contributed by atoms with Crippen molar-refractivity contribution in [3.05, 3.63) is 33.9 Å². The van der Waals surface area contributed by atoms with Gasteiger partial charge >= 0.3 is 12.1 Å². The molecule has 124 valence electrons. The average Bonchev–Trinajstić information content (AvgIpc) is 2.82. The highest BCUT2D eigenvalue weighted by Gasteiger charge is 2.42. The molecule has 2 rings (SSSR count). The molecule has 8 heteroatoms. The third-order valence-electron chi connectivity index (χ3n) is 3.33. The molecular formula is C15H18N2O6. The summed E-state index contributed by atoms with van der Waals surface area (Å²) < 4.78 is 10.0. The van der Waals surface area contributed by atoms with Crippen LogP contribution in [0.25, 0.3) is 0 Å². The number of carbonyl (C=O) groups is 2. The molecule has 0 bridgehead atoms. The van der Waals surface area contributed by atoms with Gasteiger partial charge in [-0.1, -0.05) is 6.07 Å². The summed E-state index contributed by atoms with van der Waals surface area (Å²) in [6, 6.07) is 3.24. The van der Waals surface area contributed by atoms with Gasteiger partial charge in [0.1, 0.15) is 11.6 Å². The van der Waals surface area contributed by atoms with Crippen molar-refractivity contribution in [3.8, 4) is 0 Å². The summed E-state index contributed by atoms with van der Waals surface area (Å²) in [6.07, 6.45) is -0.522. The molecule has 0 aromatic heterocycles. The van der Waals surface area contributed by atoms with E-state index in [0.29, 0.717) is 11.3 Å². The van der Waals surface area contributed by atoms with E-state index in [2.05, 4.69) is 0 Å². The van der Waals surface area contributed by atoms with Crippen molar-refractivity contribution >= 4 is 23.4 Å². The maximum Gasteiger partial charge on any atom is 0.415 e. The molecule has 1 aliphatic heterocycles. The first-order valence-electron chi connectivity index (χ1n) is 7.01. The number of carbonyl (C=O) groups excluding carboxylic acids is 2. The molecule has 0 spiro atoms. The SMILES string of the molecule is COC(=O)[C@@H]1Cc2ccc([N+](=O)[O-])cc2N1C(=O)OC(C)(C)C. The lowest BCUT2D eigenvalue weighted by Crippen LogP contribution is -2.45. The van der Waals surface area contributed by atoms with Crippen LogP contribution < -0.4 is 4.90 Å². The fourth-order valence-electron chi connectivity index (χ4n) is 2.39. The minimum absolute atomic E-state index is 0.164. The van der Waals surface area contributed by atoms with Gasteiger partial charge in [0, 0.05) is 18.6 Å². The standard InChI is InChI=1S/C15H18N2O6/c1-15(2,3)23-14(19)16-11-8-10(17(20)21)6-5-9(11)7-12(16)13(18)22-4/h5-6,8,12H,7H2,1-4H3/t12-/m0/s1. The Hall–Kier alpha value is -2.64. The zero-order chi connectivity index (χ0) is 17.4. The van der Waals surface area contributed by atoms with E-state index in [0.717, 1.165) is 4.90 Å². The number of anilines is 1. The number of benzene rings is 1. The molecule has 1 aromatic carbocycles. The van der Waals surface area contributed by atoms with Crippen molar-refractivity contribution in [2.24, 2.45) is 0 Å². The zero-order valence-corrected chi connectivity index (χ0v) is 13.4. The highest BCUT2D eigenvalue weighted by atomic mass is 16.6. The average molecular weight is 322 g/mol. The van der Waals surface area contributed by atoms with Crippen LogP contribution in [0, 0.1) is 10.1 Å². The number of rotatable bonds is 2. The van der Waals surface area contributed by atoms with Crippen LogP contribution in [-0.4, -0.2) is 35.7 Å². The lowest BCUT2D eigenvalue weighted by atomic mass is 10.1. The number of fused-ring (bicyclic) bond motifs is 1. The summed E-state index contributed by atoms with van der Waals surface area (Å²) in [5.41, 5.74) is 0.0184. The number of amides is 1. The molecule has 8 nitrogen and oxygen atoms in total. The largest absolute Gasteiger partial charge is 0.467 e. The van der Waals surface area contributed by atoms with Gasteiger partial charge in [-0.2, -0.15) is 0 Å². The van der Waals surface area contributed by atoms with Gasteiger partial charge in [-0.25, -0.2) is 9.59 Å². The Morgan fingerprint density at radius 1 is 1.35 bits per heavy atom. The molecule has 0 unspecified atom stereocenters. The summed E-state index contributed by atoms with van der Waals surface area (Å²) >= 11 is 0. The molecule has 1 heterocycles. The molecule has 0 aliphatic carbocycles. The van der Waals surface area contributed by atoms with Gasteiger partial charge in [-0.3, -0.25) is 15.0 Å². The maximum atomic E-state index is 12.5. The van der Waals surface area contributed by atoms with Crippen LogP contribution in [0.2, 0.25) is 0 Å². The molecule has 23 heavy (non-hydrogen) atoms. The first-order valence-corrected chi connectivity index (χ1v) is 7.01. The van der Waals surface area contributed by atoms with Gasteiger partial charge in [-0.05, 0) is 26.3 Å². The van der Waals surface area contributed by atoms with Crippen molar-refractivity contribution < 1.29 is 24.0 Å². The van der Waals surface area contributed by atoms with E-state index in [1.54, 1.807) is 20.8 Å². The quantitative estimate of drug-likeness (QED) is 0.471. The van der Waals surface area contributed by atoms with Crippen molar-refractivity contribution in [3.63, 3.8) is 0 Å². The highest BCUT2D eigenvalue weighted by Crippen LogP contribution is 2.36. The predicted molar refractivity (Wildman–Crippen MR) is 81.3 cm³/mol. The molecule has 1 aliphatic rings. The van der Waals surface area contributed by atoms with E-state index in [9.17, 15) is 19.7 Å². The van der Waals surface area contributed by atoms with Crippen LogP contribution >= 0.6 is 0 Å². The number of hydrogen-bond acceptors (Lipinski definition) is 6. The maximum absolute atomic E-state index is 12.5. The topological polar surface area (TPSA) is 99.0 Å². The van der Waals surface area contributed by atoms with Crippen LogP contribution in [0.3, 0.4) is 0 Å². The summed E-state index contributed by atoms with van der Waals surface area (Å²) in [4.78, 5) is 36.0. The van der Waals surface area contributed by atoms with Gasteiger partial charge in [0.15, 0.2) is 0 Å².